The normalized spacial score (nSPS) is 10.1. The van der Waals surface area contributed by atoms with E-state index in [1.165, 1.54) is 25.7 Å². The molecule has 0 aliphatic rings. The minimum atomic E-state index is -0.673. The van der Waals surface area contributed by atoms with Crippen LogP contribution in [0.15, 0.2) is 0 Å². The second-order valence-corrected chi connectivity index (χ2v) is 3.12. The molecule has 0 heterocycles. The van der Waals surface area contributed by atoms with Crippen molar-refractivity contribution in [1.29, 1.82) is 0 Å². The Kier molecular flexibility index (Phi) is 8.19. The highest BCUT2D eigenvalue weighted by atomic mass is 16.4. The maximum atomic E-state index is 10.1. The standard InChI is InChI=1S/C10H19O2/c1-2-3-4-5-6-7-8-9-10(11)12/h1-9H2,(H,11,12). The molecule has 0 unspecified atom stereocenters. The highest BCUT2D eigenvalue weighted by molar-refractivity contribution is 5.66. The molecule has 71 valence electrons. The highest BCUT2D eigenvalue weighted by Crippen LogP contribution is 2.07. The Labute approximate surface area is 75.0 Å². The quantitative estimate of drug-likeness (QED) is 0.570. The lowest BCUT2D eigenvalue weighted by atomic mass is 10.1. The van der Waals surface area contributed by atoms with Gasteiger partial charge in [0.1, 0.15) is 0 Å². The van der Waals surface area contributed by atoms with Crippen LogP contribution >= 0.6 is 0 Å². The van der Waals surface area contributed by atoms with Gasteiger partial charge in [-0.25, -0.2) is 0 Å². The predicted molar refractivity (Wildman–Crippen MR) is 49.9 cm³/mol. The van der Waals surface area contributed by atoms with Gasteiger partial charge in [-0.3, -0.25) is 4.79 Å². The zero-order valence-electron chi connectivity index (χ0n) is 7.72. The summed E-state index contributed by atoms with van der Waals surface area (Å²) in [5, 5.41) is 8.35. The molecule has 12 heavy (non-hydrogen) atoms. The second-order valence-electron chi connectivity index (χ2n) is 3.12. The largest absolute Gasteiger partial charge is 0.481 e. The first-order valence-corrected chi connectivity index (χ1v) is 4.78. The third-order valence-electron chi connectivity index (χ3n) is 1.89. The maximum absolute atomic E-state index is 10.1. The number of unbranched alkanes of at least 4 members (excludes halogenated alkanes) is 6. The van der Waals surface area contributed by atoms with E-state index >= 15 is 0 Å². The summed E-state index contributed by atoms with van der Waals surface area (Å²) in [5.74, 6) is -0.673. The van der Waals surface area contributed by atoms with Crippen LogP contribution in [0.25, 0.3) is 0 Å². The summed E-state index contributed by atoms with van der Waals surface area (Å²) in [6, 6.07) is 0. The Hall–Kier alpha value is -0.530. The molecule has 0 bridgehead atoms. The Morgan fingerprint density at radius 1 is 1.00 bits per heavy atom. The smallest absolute Gasteiger partial charge is 0.303 e. The molecule has 0 aromatic carbocycles. The summed E-state index contributed by atoms with van der Waals surface area (Å²) >= 11 is 0. The van der Waals surface area contributed by atoms with E-state index in [4.69, 9.17) is 5.11 Å². The van der Waals surface area contributed by atoms with E-state index in [0.717, 1.165) is 19.3 Å². The lowest BCUT2D eigenvalue weighted by molar-refractivity contribution is -0.137. The van der Waals surface area contributed by atoms with Crippen LogP contribution < -0.4 is 0 Å². The molecule has 0 saturated carbocycles. The minimum absolute atomic E-state index is 0.329. The Morgan fingerprint density at radius 3 is 2.00 bits per heavy atom. The summed E-state index contributed by atoms with van der Waals surface area (Å²) in [6.45, 7) is 3.77. The van der Waals surface area contributed by atoms with Gasteiger partial charge < -0.3 is 5.11 Å². The van der Waals surface area contributed by atoms with E-state index in [2.05, 4.69) is 6.92 Å². The molecule has 0 aliphatic carbocycles. The summed E-state index contributed by atoms with van der Waals surface area (Å²) in [5.41, 5.74) is 0. The van der Waals surface area contributed by atoms with Gasteiger partial charge in [-0.05, 0) is 6.42 Å². The average molecular weight is 171 g/mol. The van der Waals surface area contributed by atoms with Gasteiger partial charge in [0.2, 0.25) is 0 Å². The van der Waals surface area contributed by atoms with E-state index in [-0.39, 0.29) is 0 Å². The van der Waals surface area contributed by atoms with E-state index in [1.807, 2.05) is 0 Å². The number of carboxylic acid groups (broad SMARTS) is 1. The molecular weight excluding hydrogens is 152 g/mol. The van der Waals surface area contributed by atoms with E-state index in [9.17, 15) is 4.79 Å². The zero-order chi connectivity index (χ0) is 9.23. The van der Waals surface area contributed by atoms with E-state index in [0.29, 0.717) is 6.42 Å². The molecule has 2 nitrogen and oxygen atoms in total. The van der Waals surface area contributed by atoms with Crippen molar-refractivity contribution in [3.63, 3.8) is 0 Å². The molecule has 0 aromatic rings. The zero-order valence-corrected chi connectivity index (χ0v) is 7.72. The Balaban J connectivity index is 2.86. The molecular formula is C10H19O2. The van der Waals surface area contributed by atoms with Gasteiger partial charge >= 0.3 is 5.97 Å². The fraction of sp³-hybridized carbons (Fsp3) is 0.800. The highest BCUT2D eigenvalue weighted by Gasteiger charge is 1.95. The van der Waals surface area contributed by atoms with Crippen molar-refractivity contribution in [2.24, 2.45) is 0 Å². The third kappa shape index (κ3) is 9.47. The fourth-order valence-electron chi connectivity index (χ4n) is 1.16. The van der Waals surface area contributed by atoms with Crippen LogP contribution in [0, 0.1) is 6.92 Å². The lowest BCUT2D eigenvalue weighted by Crippen LogP contribution is -1.93. The molecule has 1 radical (unpaired) electrons. The van der Waals surface area contributed by atoms with Gasteiger partial charge in [-0.15, -0.1) is 0 Å². The first-order valence-electron chi connectivity index (χ1n) is 4.78. The van der Waals surface area contributed by atoms with Crippen molar-refractivity contribution < 1.29 is 9.90 Å². The third-order valence-corrected chi connectivity index (χ3v) is 1.89. The number of hydrogen-bond donors (Lipinski definition) is 1. The Bertz CT molecular complexity index is 110. The molecule has 2 heteroatoms. The first-order chi connectivity index (χ1) is 5.77. The number of aliphatic carboxylic acids is 1. The molecule has 0 rings (SSSR count). The van der Waals surface area contributed by atoms with Crippen LogP contribution in [0.2, 0.25) is 0 Å². The van der Waals surface area contributed by atoms with Crippen molar-refractivity contribution in [2.45, 2.75) is 51.4 Å². The van der Waals surface area contributed by atoms with E-state index in [1.54, 1.807) is 0 Å². The molecule has 0 amide bonds. The van der Waals surface area contributed by atoms with Crippen molar-refractivity contribution in [2.75, 3.05) is 0 Å². The number of hydrogen-bond acceptors (Lipinski definition) is 1. The van der Waals surface area contributed by atoms with Crippen LogP contribution in [0.3, 0.4) is 0 Å². The van der Waals surface area contributed by atoms with Crippen LogP contribution in [0.1, 0.15) is 51.4 Å². The second kappa shape index (κ2) is 8.57. The lowest BCUT2D eigenvalue weighted by Gasteiger charge is -1.98. The van der Waals surface area contributed by atoms with Crippen LogP contribution in [0.4, 0.5) is 0 Å². The number of carbonyl (C=O) groups is 1. The molecule has 0 saturated heterocycles. The van der Waals surface area contributed by atoms with Gasteiger partial charge in [0.15, 0.2) is 0 Å². The number of carboxylic acids is 1. The topological polar surface area (TPSA) is 37.3 Å². The predicted octanol–water partition coefficient (Wildman–Crippen LogP) is 3.03. The van der Waals surface area contributed by atoms with Crippen LogP contribution in [-0.2, 0) is 4.79 Å². The van der Waals surface area contributed by atoms with Gasteiger partial charge in [0, 0.05) is 6.42 Å². The van der Waals surface area contributed by atoms with E-state index < -0.39 is 5.97 Å². The van der Waals surface area contributed by atoms with Crippen molar-refractivity contribution in [3.05, 3.63) is 6.92 Å². The molecule has 0 atom stereocenters. The van der Waals surface area contributed by atoms with Crippen LogP contribution in [0.5, 0.6) is 0 Å². The van der Waals surface area contributed by atoms with Crippen molar-refractivity contribution >= 4 is 5.97 Å². The SMILES string of the molecule is [CH2]CCCCCCCCC(=O)O. The Morgan fingerprint density at radius 2 is 1.50 bits per heavy atom. The van der Waals surface area contributed by atoms with Gasteiger partial charge in [-0.1, -0.05) is 45.4 Å². The summed E-state index contributed by atoms with van der Waals surface area (Å²) in [7, 11) is 0. The molecule has 0 fully saturated rings. The summed E-state index contributed by atoms with van der Waals surface area (Å²) < 4.78 is 0. The van der Waals surface area contributed by atoms with Gasteiger partial charge in [0.25, 0.3) is 0 Å². The van der Waals surface area contributed by atoms with Crippen LogP contribution in [-0.4, -0.2) is 11.1 Å². The molecule has 0 aliphatic heterocycles. The summed E-state index contributed by atoms with van der Waals surface area (Å²) in [6.07, 6.45) is 8.10. The first kappa shape index (κ1) is 11.5. The molecule has 0 aromatic heterocycles. The summed E-state index contributed by atoms with van der Waals surface area (Å²) in [4.78, 5) is 10.1. The van der Waals surface area contributed by atoms with Crippen molar-refractivity contribution in [3.8, 4) is 0 Å². The molecule has 0 spiro atoms. The fourth-order valence-corrected chi connectivity index (χ4v) is 1.16. The number of rotatable bonds is 8. The van der Waals surface area contributed by atoms with Crippen molar-refractivity contribution in [1.82, 2.24) is 0 Å². The van der Waals surface area contributed by atoms with Gasteiger partial charge in [0.05, 0.1) is 0 Å². The van der Waals surface area contributed by atoms with Gasteiger partial charge in [-0.2, -0.15) is 0 Å². The maximum Gasteiger partial charge on any atom is 0.303 e. The minimum Gasteiger partial charge on any atom is -0.481 e. The monoisotopic (exact) mass is 171 g/mol. The molecule has 1 N–H and O–H groups in total. The average Bonchev–Trinajstić information content (AvgIpc) is 2.02.